The van der Waals surface area contributed by atoms with Gasteiger partial charge in [0.15, 0.2) is 0 Å². The minimum Gasteiger partial charge on any atom is -0.481 e. The van der Waals surface area contributed by atoms with E-state index in [1.165, 1.54) is 0 Å². The predicted octanol–water partition coefficient (Wildman–Crippen LogP) is 0.670. The van der Waals surface area contributed by atoms with E-state index < -0.39 is 5.97 Å². The van der Waals surface area contributed by atoms with Crippen LogP contribution in [0.1, 0.15) is 26.2 Å². The number of carboxylic acids is 1. The summed E-state index contributed by atoms with van der Waals surface area (Å²) in [6, 6.07) is 0.107. The van der Waals surface area contributed by atoms with Crippen LogP contribution < -0.4 is 5.32 Å². The van der Waals surface area contributed by atoms with E-state index in [9.17, 15) is 9.59 Å². The van der Waals surface area contributed by atoms with E-state index in [0.29, 0.717) is 19.7 Å². The summed E-state index contributed by atoms with van der Waals surface area (Å²) in [5.41, 5.74) is 0. The van der Waals surface area contributed by atoms with Gasteiger partial charge in [-0.3, -0.25) is 4.79 Å². The number of amides is 2. The summed E-state index contributed by atoms with van der Waals surface area (Å²) in [6.45, 7) is 3.80. The van der Waals surface area contributed by atoms with E-state index in [2.05, 4.69) is 5.32 Å². The van der Waals surface area contributed by atoms with Crippen LogP contribution in [0.15, 0.2) is 0 Å². The largest absolute Gasteiger partial charge is 0.481 e. The first-order chi connectivity index (χ1) is 8.54. The number of ether oxygens (including phenoxy) is 1. The van der Waals surface area contributed by atoms with Crippen LogP contribution >= 0.6 is 0 Å². The fourth-order valence-corrected chi connectivity index (χ4v) is 2.51. The van der Waals surface area contributed by atoms with E-state index in [-0.39, 0.29) is 30.5 Å². The highest BCUT2D eigenvalue weighted by molar-refractivity contribution is 5.76. The monoisotopic (exact) mass is 256 g/mol. The standard InChI is InChI=1S/C12H20N2O4/c1-8-4-10(2-3-18-8)13-12(17)14-6-9(7-14)5-11(15)16/h8-10H,2-7H2,1H3,(H,13,17)(H,15,16). The van der Waals surface area contributed by atoms with Gasteiger partial charge in [-0.25, -0.2) is 4.79 Å². The highest BCUT2D eigenvalue weighted by Crippen LogP contribution is 2.20. The van der Waals surface area contributed by atoms with Gasteiger partial charge in [0, 0.05) is 31.7 Å². The molecule has 0 aromatic rings. The van der Waals surface area contributed by atoms with E-state index in [4.69, 9.17) is 9.84 Å². The molecule has 6 heteroatoms. The van der Waals surface area contributed by atoms with Crippen molar-refractivity contribution in [2.45, 2.75) is 38.3 Å². The third-order valence-corrected chi connectivity index (χ3v) is 3.52. The Bertz CT molecular complexity index is 328. The molecule has 102 valence electrons. The number of rotatable bonds is 3. The van der Waals surface area contributed by atoms with Crippen molar-refractivity contribution in [1.82, 2.24) is 10.2 Å². The number of nitrogens with one attached hydrogen (secondary N) is 1. The normalized spacial score (nSPS) is 28.6. The van der Waals surface area contributed by atoms with Crippen LogP contribution in [-0.4, -0.2) is 53.8 Å². The lowest BCUT2D eigenvalue weighted by Crippen LogP contribution is -2.56. The van der Waals surface area contributed by atoms with Crippen LogP contribution in [0.4, 0.5) is 4.79 Å². The number of carboxylic acid groups (broad SMARTS) is 1. The van der Waals surface area contributed by atoms with Crippen LogP contribution in [0.5, 0.6) is 0 Å². The van der Waals surface area contributed by atoms with E-state index in [1.807, 2.05) is 6.92 Å². The number of hydrogen-bond donors (Lipinski definition) is 2. The summed E-state index contributed by atoms with van der Waals surface area (Å²) in [6.07, 6.45) is 2.04. The van der Waals surface area contributed by atoms with Crippen LogP contribution in [0, 0.1) is 5.92 Å². The van der Waals surface area contributed by atoms with Crippen LogP contribution in [0.3, 0.4) is 0 Å². The highest BCUT2D eigenvalue weighted by Gasteiger charge is 2.33. The Labute approximate surface area is 106 Å². The molecule has 2 fully saturated rings. The molecule has 0 aromatic carbocycles. The SMILES string of the molecule is CC1CC(NC(=O)N2CC(CC(=O)O)C2)CCO1. The van der Waals surface area contributed by atoms with Gasteiger partial charge in [0.2, 0.25) is 0 Å². The molecule has 2 aliphatic heterocycles. The Morgan fingerprint density at radius 2 is 2.17 bits per heavy atom. The first kappa shape index (κ1) is 13.1. The Hall–Kier alpha value is -1.30. The molecule has 2 saturated heterocycles. The maximum Gasteiger partial charge on any atom is 0.317 e. The van der Waals surface area contributed by atoms with Crippen molar-refractivity contribution in [3.63, 3.8) is 0 Å². The zero-order chi connectivity index (χ0) is 13.1. The number of likely N-dealkylation sites (tertiary alicyclic amines) is 1. The van der Waals surface area contributed by atoms with Crippen molar-refractivity contribution in [2.75, 3.05) is 19.7 Å². The topological polar surface area (TPSA) is 78.9 Å². The minimum absolute atomic E-state index is 0.0734. The van der Waals surface area contributed by atoms with Gasteiger partial charge < -0.3 is 20.1 Å². The lowest BCUT2D eigenvalue weighted by molar-refractivity contribution is -0.139. The van der Waals surface area contributed by atoms with Crippen molar-refractivity contribution in [2.24, 2.45) is 5.92 Å². The Morgan fingerprint density at radius 1 is 1.44 bits per heavy atom. The van der Waals surface area contributed by atoms with E-state index >= 15 is 0 Å². The molecular weight excluding hydrogens is 236 g/mol. The number of aliphatic carboxylic acids is 1. The van der Waals surface area contributed by atoms with Gasteiger partial charge >= 0.3 is 12.0 Å². The van der Waals surface area contributed by atoms with Gasteiger partial charge in [-0.15, -0.1) is 0 Å². The lowest BCUT2D eigenvalue weighted by atomic mass is 9.97. The summed E-state index contributed by atoms with van der Waals surface area (Å²) in [5.74, 6) is -0.680. The predicted molar refractivity (Wildman–Crippen MR) is 64.3 cm³/mol. The summed E-state index contributed by atoms with van der Waals surface area (Å²) in [5, 5.41) is 11.6. The Balaban J connectivity index is 1.68. The Morgan fingerprint density at radius 3 is 2.78 bits per heavy atom. The molecule has 0 radical (unpaired) electrons. The van der Waals surface area contributed by atoms with E-state index in [1.54, 1.807) is 4.90 Å². The molecule has 2 atom stereocenters. The maximum atomic E-state index is 11.9. The Kier molecular flexibility index (Phi) is 4.06. The molecule has 0 saturated carbocycles. The average molecular weight is 256 g/mol. The first-order valence-electron chi connectivity index (χ1n) is 6.43. The molecule has 0 spiro atoms. The summed E-state index contributed by atoms with van der Waals surface area (Å²) >= 11 is 0. The molecule has 2 aliphatic rings. The molecule has 6 nitrogen and oxygen atoms in total. The molecule has 0 bridgehead atoms. The van der Waals surface area contributed by atoms with Gasteiger partial charge in [-0.2, -0.15) is 0 Å². The molecule has 0 aliphatic carbocycles. The summed E-state index contributed by atoms with van der Waals surface area (Å²) < 4.78 is 5.42. The highest BCUT2D eigenvalue weighted by atomic mass is 16.5. The van der Waals surface area contributed by atoms with Crippen molar-refractivity contribution in [1.29, 1.82) is 0 Å². The lowest BCUT2D eigenvalue weighted by Gasteiger charge is -2.40. The van der Waals surface area contributed by atoms with Crippen LogP contribution in [-0.2, 0) is 9.53 Å². The molecule has 18 heavy (non-hydrogen) atoms. The first-order valence-corrected chi connectivity index (χ1v) is 6.43. The number of urea groups is 1. The minimum atomic E-state index is -0.793. The van der Waals surface area contributed by atoms with Crippen molar-refractivity contribution >= 4 is 12.0 Å². The van der Waals surface area contributed by atoms with Crippen LogP contribution in [0.25, 0.3) is 0 Å². The quantitative estimate of drug-likeness (QED) is 0.778. The smallest absolute Gasteiger partial charge is 0.317 e. The number of nitrogens with zero attached hydrogens (tertiary/aromatic N) is 1. The van der Waals surface area contributed by atoms with E-state index in [0.717, 1.165) is 12.8 Å². The fourth-order valence-electron chi connectivity index (χ4n) is 2.51. The second-order valence-corrected chi connectivity index (χ2v) is 5.22. The fraction of sp³-hybridized carbons (Fsp3) is 0.833. The number of hydrogen-bond acceptors (Lipinski definition) is 3. The number of carbonyl (C=O) groups excluding carboxylic acids is 1. The van der Waals surface area contributed by atoms with Crippen molar-refractivity contribution < 1.29 is 19.4 Å². The summed E-state index contributed by atoms with van der Waals surface area (Å²) in [4.78, 5) is 24.0. The molecule has 2 rings (SSSR count). The number of carbonyl (C=O) groups is 2. The molecule has 0 aromatic heterocycles. The zero-order valence-electron chi connectivity index (χ0n) is 10.6. The summed E-state index contributed by atoms with van der Waals surface area (Å²) in [7, 11) is 0. The van der Waals surface area contributed by atoms with Gasteiger partial charge in [-0.1, -0.05) is 0 Å². The molecule has 2 N–H and O–H groups in total. The van der Waals surface area contributed by atoms with Gasteiger partial charge in [0.05, 0.1) is 12.5 Å². The van der Waals surface area contributed by atoms with Gasteiger partial charge in [0.25, 0.3) is 0 Å². The van der Waals surface area contributed by atoms with Crippen molar-refractivity contribution in [3.8, 4) is 0 Å². The van der Waals surface area contributed by atoms with Crippen molar-refractivity contribution in [3.05, 3.63) is 0 Å². The second kappa shape index (κ2) is 5.56. The second-order valence-electron chi connectivity index (χ2n) is 5.22. The van der Waals surface area contributed by atoms with Crippen LogP contribution in [0.2, 0.25) is 0 Å². The molecule has 2 heterocycles. The van der Waals surface area contributed by atoms with Gasteiger partial charge in [-0.05, 0) is 19.8 Å². The van der Waals surface area contributed by atoms with Gasteiger partial charge in [0.1, 0.15) is 0 Å². The third-order valence-electron chi connectivity index (χ3n) is 3.52. The zero-order valence-corrected chi connectivity index (χ0v) is 10.6. The average Bonchev–Trinajstić information content (AvgIpc) is 2.22. The third kappa shape index (κ3) is 3.35. The molecule has 2 amide bonds. The maximum absolute atomic E-state index is 11.9. The molecular formula is C12H20N2O4. The molecule has 2 unspecified atom stereocenters.